The van der Waals surface area contributed by atoms with Gasteiger partial charge in [0.2, 0.25) is 17.7 Å². The number of nitrogens with one attached hydrogen (secondary N) is 1. The van der Waals surface area contributed by atoms with E-state index in [1.807, 2.05) is 4.90 Å². The molecule has 0 aliphatic carbocycles. The van der Waals surface area contributed by atoms with Gasteiger partial charge in [-0.25, -0.2) is 4.39 Å². The number of benzene rings is 1. The third kappa shape index (κ3) is 5.54. The highest BCUT2D eigenvalue weighted by Crippen LogP contribution is 2.28. The van der Waals surface area contributed by atoms with E-state index in [2.05, 4.69) is 5.32 Å². The number of para-hydroxylation sites is 1. The molecule has 1 atom stereocenters. The zero-order valence-corrected chi connectivity index (χ0v) is 17.3. The van der Waals surface area contributed by atoms with Crippen LogP contribution in [0.3, 0.4) is 0 Å². The van der Waals surface area contributed by atoms with E-state index in [9.17, 15) is 18.8 Å². The summed E-state index contributed by atoms with van der Waals surface area (Å²) in [7, 11) is 1.63. The Morgan fingerprint density at radius 1 is 1.20 bits per heavy atom. The fourth-order valence-electron chi connectivity index (χ4n) is 3.86. The number of piperazine rings is 1. The quantitative estimate of drug-likeness (QED) is 0.619. The first-order valence-corrected chi connectivity index (χ1v) is 10.3. The van der Waals surface area contributed by atoms with Crippen molar-refractivity contribution in [3.8, 4) is 0 Å². The van der Waals surface area contributed by atoms with Gasteiger partial charge in [-0.2, -0.15) is 0 Å². The largest absolute Gasteiger partial charge is 0.385 e. The van der Waals surface area contributed by atoms with Gasteiger partial charge in [0.25, 0.3) is 0 Å². The third-order valence-electron chi connectivity index (χ3n) is 5.52. The first-order valence-electron chi connectivity index (χ1n) is 10.3. The second-order valence-electron chi connectivity index (χ2n) is 7.65. The molecule has 0 saturated carbocycles. The number of nitrogens with zero attached hydrogens (tertiary/aromatic N) is 3. The molecule has 164 valence electrons. The molecule has 9 heteroatoms. The number of carbonyl (C=O) groups is 3. The van der Waals surface area contributed by atoms with Crippen LogP contribution in [0.2, 0.25) is 0 Å². The molecule has 0 bridgehead atoms. The van der Waals surface area contributed by atoms with E-state index >= 15 is 0 Å². The van der Waals surface area contributed by atoms with Gasteiger partial charge in [0.1, 0.15) is 5.82 Å². The highest BCUT2D eigenvalue weighted by Gasteiger charge is 2.38. The van der Waals surface area contributed by atoms with Crippen LogP contribution in [0.25, 0.3) is 0 Å². The Kier molecular flexibility index (Phi) is 7.75. The van der Waals surface area contributed by atoms with E-state index in [1.165, 1.54) is 11.0 Å². The predicted molar refractivity (Wildman–Crippen MR) is 109 cm³/mol. The van der Waals surface area contributed by atoms with Gasteiger partial charge in [0.05, 0.1) is 18.2 Å². The number of anilines is 1. The molecule has 1 unspecified atom stereocenters. The Bertz CT molecular complexity index is 767. The molecule has 1 N–H and O–H groups in total. The van der Waals surface area contributed by atoms with Crippen LogP contribution >= 0.6 is 0 Å². The SMILES string of the molecule is COCCCNC(=O)CN1CCN(C(=O)C2CC(=O)N(c3ccccc3F)C2)CC1. The summed E-state index contributed by atoms with van der Waals surface area (Å²) < 4.78 is 19.0. The van der Waals surface area contributed by atoms with Gasteiger partial charge in [0.15, 0.2) is 0 Å². The molecule has 1 aromatic carbocycles. The number of hydrogen-bond acceptors (Lipinski definition) is 5. The fourth-order valence-corrected chi connectivity index (χ4v) is 3.86. The van der Waals surface area contributed by atoms with Crippen molar-refractivity contribution in [1.29, 1.82) is 0 Å². The van der Waals surface area contributed by atoms with Crippen LogP contribution in [-0.2, 0) is 19.1 Å². The summed E-state index contributed by atoms with van der Waals surface area (Å²) in [5, 5.41) is 2.86. The van der Waals surface area contributed by atoms with Crippen molar-refractivity contribution < 1.29 is 23.5 Å². The smallest absolute Gasteiger partial charge is 0.234 e. The van der Waals surface area contributed by atoms with Gasteiger partial charge in [-0.3, -0.25) is 19.3 Å². The van der Waals surface area contributed by atoms with Crippen molar-refractivity contribution in [3.63, 3.8) is 0 Å². The highest BCUT2D eigenvalue weighted by molar-refractivity contribution is 6.00. The summed E-state index contributed by atoms with van der Waals surface area (Å²) >= 11 is 0. The number of halogens is 1. The van der Waals surface area contributed by atoms with Crippen LogP contribution in [0.4, 0.5) is 10.1 Å². The zero-order valence-electron chi connectivity index (χ0n) is 17.3. The molecule has 0 aromatic heterocycles. The van der Waals surface area contributed by atoms with Gasteiger partial charge in [-0.1, -0.05) is 12.1 Å². The number of hydrogen-bond donors (Lipinski definition) is 1. The normalized spacial score (nSPS) is 19.9. The average molecular weight is 420 g/mol. The minimum Gasteiger partial charge on any atom is -0.385 e. The first kappa shape index (κ1) is 22.2. The van der Waals surface area contributed by atoms with Gasteiger partial charge < -0.3 is 19.9 Å². The molecule has 2 saturated heterocycles. The van der Waals surface area contributed by atoms with E-state index in [4.69, 9.17) is 4.74 Å². The van der Waals surface area contributed by atoms with Crippen molar-refractivity contribution in [2.75, 3.05) is 64.4 Å². The number of methoxy groups -OCH3 is 1. The molecule has 2 fully saturated rings. The molecule has 1 aromatic rings. The lowest BCUT2D eigenvalue weighted by Crippen LogP contribution is -2.52. The Hall–Kier alpha value is -2.52. The molecule has 3 rings (SSSR count). The summed E-state index contributed by atoms with van der Waals surface area (Å²) in [5.41, 5.74) is 0.221. The van der Waals surface area contributed by atoms with Crippen molar-refractivity contribution >= 4 is 23.4 Å². The second-order valence-corrected chi connectivity index (χ2v) is 7.65. The highest BCUT2D eigenvalue weighted by atomic mass is 19.1. The summed E-state index contributed by atoms with van der Waals surface area (Å²) in [6.07, 6.45) is 0.867. The average Bonchev–Trinajstić information content (AvgIpc) is 3.13. The molecule has 0 radical (unpaired) electrons. The zero-order chi connectivity index (χ0) is 21.5. The predicted octanol–water partition coefficient (Wildman–Crippen LogP) is 0.476. The van der Waals surface area contributed by atoms with Crippen LogP contribution in [-0.4, -0.2) is 87.1 Å². The summed E-state index contributed by atoms with van der Waals surface area (Å²) in [4.78, 5) is 42.3. The van der Waals surface area contributed by atoms with Crippen LogP contribution in [0.15, 0.2) is 24.3 Å². The Morgan fingerprint density at radius 3 is 2.63 bits per heavy atom. The Labute approximate surface area is 175 Å². The molecule has 2 heterocycles. The maximum absolute atomic E-state index is 14.0. The fraction of sp³-hybridized carbons (Fsp3) is 0.571. The standard InChI is InChI=1S/C21H29FN4O4/c1-30-12-4-7-23-19(27)15-24-8-10-25(11-9-24)21(29)16-13-20(28)26(14-16)18-6-3-2-5-17(18)22/h2-3,5-6,16H,4,7-15H2,1H3,(H,23,27). The first-order chi connectivity index (χ1) is 14.5. The monoisotopic (exact) mass is 420 g/mol. The van der Waals surface area contributed by atoms with Crippen molar-refractivity contribution in [1.82, 2.24) is 15.1 Å². The van der Waals surface area contributed by atoms with Gasteiger partial charge >= 0.3 is 0 Å². The van der Waals surface area contributed by atoms with E-state index in [0.717, 1.165) is 6.42 Å². The van der Waals surface area contributed by atoms with Gasteiger partial charge in [-0.15, -0.1) is 0 Å². The molecule has 8 nitrogen and oxygen atoms in total. The molecular formula is C21H29FN4O4. The van der Waals surface area contributed by atoms with Crippen LogP contribution < -0.4 is 10.2 Å². The van der Waals surface area contributed by atoms with E-state index in [1.54, 1.807) is 30.2 Å². The van der Waals surface area contributed by atoms with Crippen molar-refractivity contribution in [2.24, 2.45) is 5.92 Å². The molecule has 3 amide bonds. The molecule has 0 spiro atoms. The lowest BCUT2D eigenvalue weighted by Gasteiger charge is -2.35. The molecule has 30 heavy (non-hydrogen) atoms. The summed E-state index contributed by atoms with van der Waals surface area (Å²) in [6.45, 7) is 3.93. The number of carbonyl (C=O) groups excluding carboxylic acids is 3. The number of amides is 3. The third-order valence-corrected chi connectivity index (χ3v) is 5.52. The van der Waals surface area contributed by atoms with Crippen LogP contribution in [0.1, 0.15) is 12.8 Å². The van der Waals surface area contributed by atoms with Gasteiger partial charge in [0, 0.05) is 59.4 Å². The summed E-state index contributed by atoms with van der Waals surface area (Å²) in [6, 6.07) is 6.11. The van der Waals surface area contributed by atoms with E-state index < -0.39 is 11.7 Å². The second kappa shape index (κ2) is 10.5. The lowest BCUT2D eigenvalue weighted by atomic mass is 10.1. The molecule has 2 aliphatic heterocycles. The lowest BCUT2D eigenvalue weighted by molar-refractivity contribution is -0.137. The molecule has 2 aliphatic rings. The Morgan fingerprint density at radius 2 is 1.93 bits per heavy atom. The maximum atomic E-state index is 14.0. The van der Waals surface area contributed by atoms with Gasteiger partial charge in [-0.05, 0) is 18.6 Å². The molecular weight excluding hydrogens is 391 g/mol. The Balaban J connectivity index is 1.45. The summed E-state index contributed by atoms with van der Waals surface area (Å²) in [5.74, 6) is -1.28. The minimum absolute atomic E-state index is 0.0344. The van der Waals surface area contributed by atoms with Crippen molar-refractivity contribution in [2.45, 2.75) is 12.8 Å². The van der Waals surface area contributed by atoms with E-state index in [0.29, 0.717) is 45.9 Å². The maximum Gasteiger partial charge on any atom is 0.234 e. The number of rotatable bonds is 8. The number of ether oxygens (including phenoxy) is 1. The van der Waals surface area contributed by atoms with Crippen LogP contribution in [0.5, 0.6) is 0 Å². The van der Waals surface area contributed by atoms with E-state index in [-0.39, 0.29) is 36.4 Å². The topological polar surface area (TPSA) is 82.2 Å². The van der Waals surface area contributed by atoms with Crippen LogP contribution in [0, 0.1) is 11.7 Å². The van der Waals surface area contributed by atoms with Crippen molar-refractivity contribution in [3.05, 3.63) is 30.1 Å². The minimum atomic E-state index is -0.465.